The molecule has 1 aromatic rings. The average Bonchev–Trinajstić information content (AvgIpc) is 2.14. The fourth-order valence-electron chi connectivity index (χ4n) is 1.69. The highest BCUT2D eigenvalue weighted by Gasteiger charge is 2.20. The summed E-state index contributed by atoms with van der Waals surface area (Å²) in [7, 11) is 1.78. The highest BCUT2D eigenvalue weighted by molar-refractivity contribution is 6.34. The van der Waals surface area contributed by atoms with E-state index in [1.165, 1.54) is 0 Å². The number of amides is 1. The number of nitrogens with zero attached hydrogens (tertiary/aromatic N) is 1. The van der Waals surface area contributed by atoms with Crippen molar-refractivity contribution in [2.45, 2.75) is 20.8 Å². The Hall–Kier alpha value is -1.22. The molecule has 0 aromatic heterocycles. The van der Waals surface area contributed by atoms with E-state index < -0.39 is 0 Å². The van der Waals surface area contributed by atoms with Crippen LogP contribution in [0, 0.1) is 5.41 Å². The molecule has 0 unspecified atom stereocenters. The zero-order valence-corrected chi connectivity index (χ0v) is 11.5. The van der Waals surface area contributed by atoms with Crippen LogP contribution >= 0.6 is 11.6 Å². The monoisotopic (exact) mass is 254 g/mol. The number of halogens is 1. The second-order valence-electron chi connectivity index (χ2n) is 5.46. The number of nitrogens with two attached hydrogens (primary N) is 1. The van der Waals surface area contributed by atoms with Gasteiger partial charge < -0.3 is 10.6 Å². The Morgan fingerprint density at radius 2 is 2.00 bits per heavy atom. The molecule has 1 rings (SSSR count). The highest BCUT2D eigenvalue weighted by Crippen LogP contribution is 2.22. The van der Waals surface area contributed by atoms with Crippen molar-refractivity contribution in [1.29, 1.82) is 0 Å². The van der Waals surface area contributed by atoms with Crippen LogP contribution in [0.1, 0.15) is 31.1 Å². The molecule has 0 radical (unpaired) electrons. The quantitative estimate of drug-likeness (QED) is 0.825. The Morgan fingerprint density at radius 1 is 1.41 bits per heavy atom. The number of hydrogen-bond acceptors (Lipinski definition) is 2. The first-order valence-electron chi connectivity index (χ1n) is 5.51. The highest BCUT2D eigenvalue weighted by atomic mass is 35.5. The van der Waals surface area contributed by atoms with Crippen LogP contribution in [-0.2, 0) is 0 Å². The van der Waals surface area contributed by atoms with Gasteiger partial charge in [0.15, 0.2) is 0 Å². The summed E-state index contributed by atoms with van der Waals surface area (Å²) in [5.41, 5.74) is 6.71. The molecule has 0 bridgehead atoms. The van der Waals surface area contributed by atoms with Gasteiger partial charge in [0.2, 0.25) is 0 Å². The molecular weight excluding hydrogens is 236 g/mol. The van der Waals surface area contributed by atoms with E-state index >= 15 is 0 Å². The van der Waals surface area contributed by atoms with Crippen molar-refractivity contribution in [2.24, 2.45) is 5.41 Å². The minimum absolute atomic E-state index is 0.0602. The van der Waals surface area contributed by atoms with Crippen molar-refractivity contribution < 1.29 is 4.79 Å². The molecule has 2 N–H and O–H groups in total. The van der Waals surface area contributed by atoms with Crippen molar-refractivity contribution in [2.75, 3.05) is 19.3 Å². The first-order valence-corrected chi connectivity index (χ1v) is 5.89. The lowest BCUT2D eigenvalue weighted by Gasteiger charge is -2.27. The van der Waals surface area contributed by atoms with E-state index in [1.54, 1.807) is 30.1 Å². The smallest absolute Gasteiger partial charge is 0.255 e. The van der Waals surface area contributed by atoms with Gasteiger partial charge in [-0.2, -0.15) is 0 Å². The Kier molecular flexibility index (Phi) is 4.04. The van der Waals surface area contributed by atoms with E-state index in [0.717, 1.165) is 0 Å². The molecule has 94 valence electrons. The molecular formula is C13H19ClN2O. The molecule has 1 aromatic carbocycles. The second-order valence-corrected chi connectivity index (χ2v) is 5.87. The van der Waals surface area contributed by atoms with Crippen LogP contribution in [0.25, 0.3) is 0 Å². The van der Waals surface area contributed by atoms with Gasteiger partial charge in [-0.25, -0.2) is 0 Å². The summed E-state index contributed by atoms with van der Waals surface area (Å²) < 4.78 is 0. The van der Waals surface area contributed by atoms with E-state index in [2.05, 4.69) is 20.8 Å². The van der Waals surface area contributed by atoms with E-state index in [1.807, 2.05) is 0 Å². The predicted molar refractivity (Wildman–Crippen MR) is 72.3 cm³/mol. The van der Waals surface area contributed by atoms with E-state index in [0.29, 0.717) is 22.8 Å². The van der Waals surface area contributed by atoms with Gasteiger partial charge >= 0.3 is 0 Å². The summed E-state index contributed by atoms with van der Waals surface area (Å²) >= 11 is 6.01. The molecule has 0 aliphatic heterocycles. The topological polar surface area (TPSA) is 46.3 Å². The van der Waals surface area contributed by atoms with Gasteiger partial charge in [0.25, 0.3) is 5.91 Å². The fourth-order valence-corrected chi connectivity index (χ4v) is 1.96. The van der Waals surface area contributed by atoms with Crippen LogP contribution in [0.2, 0.25) is 5.02 Å². The summed E-state index contributed by atoms with van der Waals surface area (Å²) in [6, 6.07) is 4.95. The maximum Gasteiger partial charge on any atom is 0.255 e. The maximum absolute atomic E-state index is 12.2. The molecule has 0 spiro atoms. The van der Waals surface area contributed by atoms with Gasteiger partial charge in [0, 0.05) is 19.3 Å². The third-order valence-corrected chi connectivity index (χ3v) is 2.59. The molecule has 0 saturated carbocycles. The Bertz CT molecular complexity index is 424. The number of hydrogen-bond donors (Lipinski definition) is 1. The standard InChI is InChI=1S/C13H19ClN2O/c1-13(2,3)8-16(4)12(17)10-6-5-9(15)7-11(10)14/h5-7H,8,15H2,1-4H3. The molecule has 0 aliphatic carbocycles. The van der Waals surface area contributed by atoms with E-state index in [9.17, 15) is 4.79 Å². The van der Waals surface area contributed by atoms with Crippen molar-refractivity contribution in [3.8, 4) is 0 Å². The Balaban J connectivity index is 2.89. The van der Waals surface area contributed by atoms with Crippen LogP contribution in [0.4, 0.5) is 5.69 Å². The van der Waals surface area contributed by atoms with Crippen LogP contribution in [0.3, 0.4) is 0 Å². The largest absolute Gasteiger partial charge is 0.399 e. The Labute approximate surface area is 108 Å². The van der Waals surface area contributed by atoms with Crippen molar-refractivity contribution in [1.82, 2.24) is 4.90 Å². The summed E-state index contributed by atoms with van der Waals surface area (Å²) in [5.74, 6) is -0.0788. The van der Waals surface area contributed by atoms with Gasteiger partial charge in [0.05, 0.1) is 10.6 Å². The lowest BCUT2D eigenvalue weighted by atomic mass is 9.96. The number of anilines is 1. The van der Waals surface area contributed by atoms with Crippen LogP contribution in [0.15, 0.2) is 18.2 Å². The Morgan fingerprint density at radius 3 is 2.47 bits per heavy atom. The van der Waals surface area contributed by atoms with Gasteiger partial charge in [-0.05, 0) is 23.6 Å². The molecule has 0 fully saturated rings. The minimum Gasteiger partial charge on any atom is -0.399 e. The zero-order valence-electron chi connectivity index (χ0n) is 10.7. The second kappa shape index (κ2) is 4.96. The van der Waals surface area contributed by atoms with Gasteiger partial charge in [0.1, 0.15) is 0 Å². The lowest BCUT2D eigenvalue weighted by Crippen LogP contribution is -2.34. The molecule has 4 heteroatoms. The van der Waals surface area contributed by atoms with Crippen LogP contribution < -0.4 is 5.73 Å². The number of rotatable bonds is 2. The third-order valence-electron chi connectivity index (χ3n) is 2.28. The number of nitrogen functional groups attached to an aromatic ring is 1. The molecule has 0 aliphatic rings. The third kappa shape index (κ3) is 3.93. The molecule has 0 atom stereocenters. The van der Waals surface area contributed by atoms with Gasteiger partial charge in [-0.15, -0.1) is 0 Å². The molecule has 17 heavy (non-hydrogen) atoms. The molecule has 1 amide bonds. The predicted octanol–water partition coefficient (Wildman–Crippen LogP) is 3.04. The number of carbonyl (C=O) groups excluding carboxylic acids is 1. The first-order chi connectivity index (χ1) is 7.70. The summed E-state index contributed by atoms with van der Waals surface area (Å²) in [5, 5.41) is 0.399. The summed E-state index contributed by atoms with van der Waals surface area (Å²) in [4.78, 5) is 13.8. The zero-order chi connectivity index (χ0) is 13.2. The summed E-state index contributed by atoms with van der Waals surface area (Å²) in [6.07, 6.45) is 0. The average molecular weight is 255 g/mol. The SMILES string of the molecule is CN(CC(C)(C)C)C(=O)c1ccc(N)cc1Cl. The van der Waals surface area contributed by atoms with Gasteiger partial charge in [-0.3, -0.25) is 4.79 Å². The van der Waals surface area contributed by atoms with Crippen molar-refractivity contribution >= 4 is 23.2 Å². The van der Waals surface area contributed by atoms with Crippen LogP contribution in [-0.4, -0.2) is 24.4 Å². The van der Waals surface area contributed by atoms with Gasteiger partial charge in [-0.1, -0.05) is 32.4 Å². The summed E-state index contributed by atoms with van der Waals surface area (Å²) in [6.45, 7) is 6.93. The number of benzene rings is 1. The minimum atomic E-state index is -0.0788. The van der Waals surface area contributed by atoms with Crippen molar-refractivity contribution in [3.05, 3.63) is 28.8 Å². The molecule has 3 nitrogen and oxygen atoms in total. The fraction of sp³-hybridized carbons (Fsp3) is 0.462. The lowest BCUT2D eigenvalue weighted by molar-refractivity contribution is 0.0746. The first kappa shape index (κ1) is 13.8. The van der Waals surface area contributed by atoms with E-state index in [-0.39, 0.29) is 11.3 Å². The van der Waals surface area contributed by atoms with E-state index in [4.69, 9.17) is 17.3 Å². The maximum atomic E-state index is 12.2. The normalized spacial score (nSPS) is 11.4. The number of carbonyl (C=O) groups is 1. The van der Waals surface area contributed by atoms with Crippen LogP contribution in [0.5, 0.6) is 0 Å². The molecule has 0 saturated heterocycles. The molecule has 0 heterocycles. The van der Waals surface area contributed by atoms with Crippen molar-refractivity contribution in [3.63, 3.8) is 0 Å².